The zero-order valence-electron chi connectivity index (χ0n) is 4.61. The van der Waals surface area contributed by atoms with E-state index in [9.17, 15) is 0 Å². The van der Waals surface area contributed by atoms with Crippen molar-refractivity contribution in [3.8, 4) is 0 Å². The second-order valence-corrected chi connectivity index (χ2v) is 1.54. The van der Waals surface area contributed by atoms with Crippen LogP contribution in [0, 0.1) is 0 Å². The standard InChI is InChI=1S/C3H4N2.CH3NOS/c1-2-5-3-4-1;2-1(3)4/h1-3H,(H,4,5);(H3,2,3,4). The molecule has 0 atom stereocenters. The third-order valence-electron chi connectivity index (χ3n) is 0.406. The van der Waals surface area contributed by atoms with Gasteiger partial charge in [0, 0.05) is 12.4 Å². The second-order valence-electron chi connectivity index (χ2n) is 1.10. The summed E-state index contributed by atoms with van der Waals surface area (Å²) in [6.07, 6.45) is 5.08. The first-order valence-corrected chi connectivity index (χ1v) is 2.59. The number of carbonyl (C=O) groups is 1. The Morgan fingerprint density at radius 3 is 2.44 bits per heavy atom. The van der Waals surface area contributed by atoms with Gasteiger partial charge in [0.25, 0.3) is 5.24 Å². The molecule has 0 saturated carbocycles. The van der Waals surface area contributed by atoms with Gasteiger partial charge in [0.1, 0.15) is 0 Å². The lowest BCUT2D eigenvalue weighted by Gasteiger charge is -1.58. The van der Waals surface area contributed by atoms with Crippen LogP contribution in [-0.2, 0) is 0 Å². The fourth-order valence-electron chi connectivity index (χ4n) is 0.215. The molecule has 50 valence electrons. The van der Waals surface area contributed by atoms with Crippen molar-refractivity contribution in [2.75, 3.05) is 0 Å². The molecule has 0 radical (unpaired) electrons. The maximum atomic E-state index is 9.09. The molecule has 0 aliphatic heterocycles. The molecule has 0 aliphatic rings. The summed E-state index contributed by atoms with van der Waals surface area (Å²) < 4.78 is 0. The Kier molecular flexibility index (Phi) is 4.61. The van der Waals surface area contributed by atoms with Crippen LogP contribution in [0.1, 0.15) is 0 Å². The first-order valence-electron chi connectivity index (χ1n) is 2.14. The predicted molar refractivity (Wildman–Crippen MR) is 37.2 cm³/mol. The zero-order chi connectivity index (χ0) is 7.11. The highest BCUT2D eigenvalue weighted by Gasteiger charge is 1.63. The highest BCUT2D eigenvalue weighted by atomic mass is 32.1. The number of hydrogen-bond acceptors (Lipinski definition) is 2. The maximum Gasteiger partial charge on any atom is 0.273 e. The van der Waals surface area contributed by atoms with Crippen LogP contribution in [0.2, 0.25) is 0 Å². The third kappa shape index (κ3) is 11.0. The summed E-state index contributed by atoms with van der Waals surface area (Å²) in [7, 11) is 0. The number of aromatic amines is 1. The van der Waals surface area contributed by atoms with Gasteiger partial charge in [-0.15, -0.1) is 0 Å². The van der Waals surface area contributed by atoms with E-state index in [1.165, 1.54) is 0 Å². The monoisotopic (exact) mass is 145 g/mol. The van der Waals surface area contributed by atoms with Crippen molar-refractivity contribution in [1.82, 2.24) is 9.97 Å². The number of aromatic nitrogens is 2. The van der Waals surface area contributed by atoms with Gasteiger partial charge in [-0.3, -0.25) is 4.79 Å². The minimum Gasteiger partial charge on any atom is -0.361 e. The molecule has 4 nitrogen and oxygen atoms in total. The van der Waals surface area contributed by atoms with E-state index >= 15 is 0 Å². The number of nitrogens with zero attached hydrogens (tertiary/aromatic N) is 1. The van der Waals surface area contributed by atoms with Crippen molar-refractivity contribution in [2.24, 2.45) is 5.73 Å². The molecule has 1 heterocycles. The van der Waals surface area contributed by atoms with Gasteiger partial charge in [0.05, 0.1) is 6.33 Å². The third-order valence-corrected chi connectivity index (χ3v) is 0.406. The molecule has 0 aliphatic carbocycles. The average molecular weight is 145 g/mol. The molecule has 9 heavy (non-hydrogen) atoms. The Morgan fingerprint density at radius 1 is 1.78 bits per heavy atom. The maximum absolute atomic E-state index is 9.09. The lowest BCUT2D eigenvalue weighted by Crippen LogP contribution is -1.95. The molecule has 0 fully saturated rings. The van der Waals surface area contributed by atoms with Crippen LogP contribution in [0.25, 0.3) is 0 Å². The molecule has 1 aromatic heterocycles. The number of imidazole rings is 1. The number of H-pyrrole nitrogens is 1. The van der Waals surface area contributed by atoms with E-state index in [0.717, 1.165) is 0 Å². The van der Waals surface area contributed by atoms with Crippen LogP contribution in [0.5, 0.6) is 0 Å². The molecule has 0 aromatic carbocycles. The molecule has 0 unspecified atom stereocenters. The van der Waals surface area contributed by atoms with Gasteiger partial charge in [-0.2, -0.15) is 0 Å². The molecular weight excluding hydrogens is 138 g/mol. The van der Waals surface area contributed by atoms with Crippen LogP contribution in [0.3, 0.4) is 0 Å². The lowest BCUT2D eigenvalue weighted by molar-refractivity contribution is 0.267. The zero-order valence-corrected chi connectivity index (χ0v) is 5.51. The summed E-state index contributed by atoms with van der Waals surface area (Å²) in [5.74, 6) is 0. The van der Waals surface area contributed by atoms with E-state index in [1.807, 2.05) is 0 Å². The summed E-state index contributed by atoms with van der Waals surface area (Å²) >= 11 is 3.10. The van der Waals surface area contributed by atoms with Crippen LogP contribution in [0.15, 0.2) is 18.7 Å². The summed E-state index contributed by atoms with van der Waals surface area (Å²) in [5.41, 5.74) is 4.34. The van der Waals surface area contributed by atoms with E-state index in [2.05, 4.69) is 28.3 Å². The number of primary amides is 1. The quantitative estimate of drug-likeness (QED) is 0.462. The summed E-state index contributed by atoms with van der Waals surface area (Å²) in [4.78, 5) is 15.5. The molecule has 1 rings (SSSR count). The van der Waals surface area contributed by atoms with E-state index in [1.54, 1.807) is 18.7 Å². The van der Waals surface area contributed by atoms with Gasteiger partial charge in [0.15, 0.2) is 0 Å². The molecular formula is C4H7N3OS. The molecule has 0 spiro atoms. The summed E-state index contributed by atoms with van der Waals surface area (Å²) in [6, 6.07) is 0. The Balaban J connectivity index is 0.000000148. The molecule has 0 bridgehead atoms. The molecule has 1 amide bonds. The minimum atomic E-state index is -0.639. The van der Waals surface area contributed by atoms with Gasteiger partial charge < -0.3 is 10.7 Å². The smallest absolute Gasteiger partial charge is 0.273 e. The molecule has 1 aromatic rings. The van der Waals surface area contributed by atoms with E-state index < -0.39 is 5.24 Å². The van der Waals surface area contributed by atoms with Crippen LogP contribution >= 0.6 is 12.6 Å². The van der Waals surface area contributed by atoms with E-state index in [-0.39, 0.29) is 0 Å². The van der Waals surface area contributed by atoms with Crippen molar-refractivity contribution in [3.63, 3.8) is 0 Å². The SMILES string of the molecule is NC(=O)S.c1c[nH]cn1. The first kappa shape index (κ1) is 8.03. The highest BCUT2D eigenvalue weighted by molar-refractivity contribution is 7.96. The van der Waals surface area contributed by atoms with Crippen molar-refractivity contribution in [2.45, 2.75) is 0 Å². The van der Waals surface area contributed by atoms with Crippen molar-refractivity contribution in [3.05, 3.63) is 18.7 Å². The normalized spacial score (nSPS) is 7.22. The first-order chi connectivity index (χ1) is 4.23. The van der Waals surface area contributed by atoms with Crippen molar-refractivity contribution >= 4 is 17.9 Å². The summed E-state index contributed by atoms with van der Waals surface area (Å²) in [6.45, 7) is 0. The molecule has 0 saturated heterocycles. The number of thiol groups is 1. The number of nitrogens with two attached hydrogens (primary N) is 1. The fourth-order valence-corrected chi connectivity index (χ4v) is 0.215. The second kappa shape index (κ2) is 5.17. The van der Waals surface area contributed by atoms with Gasteiger partial charge in [-0.25, -0.2) is 4.98 Å². The predicted octanol–water partition coefficient (Wildman–Crippen LogP) is 0.405. The number of nitrogens with one attached hydrogen (secondary N) is 1. The fraction of sp³-hybridized carbons (Fsp3) is 0. The Bertz CT molecular complexity index is 130. The number of hydrogen-bond donors (Lipinski definition) is 3. The van der Waals surface area contributed by atoms with Gasteiger partial charge in [0.2, 0.25) is 0 Å². The van der Waals surface area contributed by atoms with Gasteiger partial charge in [-0.1, -0.05) is 12.6 Å². The summed E-state index contributed by atoms with van der Waals surface area (Å²) in [5, 5.41) is -0.639. The molecule has 5 heteroatoms. The van der Waals surface area contributed by atoms with Crippen molar-refractivity contribution < 1.29 is 4.79 Å². The number of carbonyl (C=O) groups excluding carboxylic acids is 1. The Labute approximate surface area is 57.9 Å². The van der Waals surface area contributed by atoms with Gasteiger partial charge in [-0.05, 0) is 0 Å². The highest BCUT2D eigenvalue weighted by Crippen LogP contribution is 1.62. The Hall–Kier alpha value is -0.970. The van der Waals surface area contributed by atoms with Crippen LogP contribution < -0.4 is 5.73 Å². The molecule has 3 N–H and O–H groups in total. The number of rotatable bonds is 0. The average Bonchev–Trinajstić information content (AvgIpc) is 2.11. The lowest BCUT2D eigenvalue weighted by atomic mass is 11.0. The van der Waals surface area contributed by atoms with E-state index in [4.69, 9.17) is 4.79 Å². The van der Waals surface area contributed by atoms with Crippen LogP contribution in [0.4, 0.5) is 4.79 Å². The van der Waals surface area contributed by atoms with Crippen molar-refractivity contribution in [1.29, 1.82) is 0 Å². The topological polar surface area (TPSA) is 71.8 Å². The number of amides is 1. The Morgan fingerprint density at radius 2 is 2.33 bits per heavy atom. The minimum absolute atomic E-state index is 0.639. The van der Waals surface area contributed by atoms with Crippen LogP contribution in [-0.4, -0.2) is 15.2 Å². The van der Waals surface area contributed by atoms with E-state index in [0.29, 0.717) is 0 Å². The van der Waals surface area contributed by atoms with Gasteiger partial charge >= 0.3 is 0 Å². The largest absolute Gasteiger partial charge is 0.361 e.